The summed E-state index contributed by atoms with van der Waals surface area (Å²) in [7, 11) is 0. The Hall–Kier alpha value is -0.930. The predicted molar refractivity (Wildman–Crippen MR) is 68.9 cm³/mol. The average Bonchev–Trinajstić information content (AvgIpc) is 2.95. The van der Waals surface area contributed by atoms with Crippen molar-refractivity contribution in [3.8, 4) is 0 Å². The molecule has 2 N–H and O–H groups in total. The van der Waals surface area contributed by atoms with Gasteiger partial charge < -0.3 is 5.73 Å². The van der Waals surface area contributed by atoms with Gasteiger partial charge in [-0.25, -0.2) is 4.98 Å². The van der Waals surface area contributed by atoms with Crippen LogP contribution in [-0.2, 0) is 5.41 Å². The van der Waals surface area contributed by atoms with Gasteiger partial charge in [0.15, 0.2) is 0 Å². The highest BCUT2D eigenvalue weighted by atomic mass is 32.1. The van der Waals surface area contributed by atoms with Crippen LogP contribution >= 0.6 is 11.3 Å². The minimum absolute atomic E-state index is 0.249. The van der Waals surface area contributed by atoms with Gasteiger partial charge in [-0.15, -0.1) is 11.3 Å². The maximum Gasteiger partial charge on any atom is 0.0907 e. The highest BCUT2D eigenvalue weighted by Crippen LogP contribution is 2.50. The average molecular weight is 232 g/mol. The van der Waals surface area contributed by atoms with Gasteiger partial charge in [-0.1, -0.05) is 6.07 Å². The molecule has 2 nitrogen and oxygen atoms in total. The molecular weight excluding hydrogens is 216 g/mol. The van der Waals surface area contributed by atoms with E-state index in [1.165, 1.54) is 23.1 Å². The third kappa shape index (κ3) is 1.39. The largest absolute Gasteiger partial charge is 0.327 e. The molecule has 0 spiro atoms. The summed E-state index contributed by atoms with van der Waals surface area (Å²) in [6.45, 7) is 4.18. The fourth-order valence-corrected chi connectivity index (χ4v) is 3.36. The van der Waals surface area contributed by atoms with Crippen LogP contribution in [0.25, 0.3) is 10.2 Å². The molecule has 0 aliphatic heterocycles. The lowest BCUT2D eigenvalue weighted by Gasteiger charge is -2.19. The van der Waals surface area contributed by atoms with Crippen LogP contribution in [0.15, 0.2) is 18.2 Å². The summed E-state index contributed by atoms with van der Waals surface area (Å²) in [5.41, 5.74) is 8.88. The summed E-state index contributed by atoms with van der Waals surface area (Å²) < 4.78 is 1.29. The second-order valence-electron chi connectivity index (χ2n) is 4.86. The molecule has 1 aliphatic carbocycles. The number of rotatable bonds is 2. The first kappa shape index (κ1) is 10.2. The van der Waals surface area contributed by atoms with Crippen LogP contribution in [0, 0.1) is 6.92 Å². The lowest BCUT2D eigenvalue weighted by atomic mass is 9.89. The monoisotopic (exact) mass is 232 g/mol. The highest BCUT2D eigenvalue weighted by Gasteiger charge is 2.47. The molecule has 16 heavy (non-hydrogen) atoms. The standard InChI is InChI=1S/C13H16N2S/c1-8(14)13(5-6-13)10-3-4-11-12(7-10)16-9(2)15-11/h3-4,7-8H,5-6,14H2,1-2H3. The van der Waals surface area contributed by atoms with Gasteiger partial charge in [-0.2, -0.15) is 0 Å². The van der Waals surface area contributed by atoms with E-state index in [0.29, 0.717) is 0 Å². The summed E-state index contributed by atoms with van der Waals surface area (Å²) >= 11 is 1.77. The van der Waals surface area contributed by atoms with E-state index < -0.39 is 0 Å². The third-order valence-corrected chi connectivity index (χ3v) is 4.66. The smallest absolute Gasteiger partial charge is 0.0907 e. The number of nitrogens with two attached hydrogens (primary N) is 1. The zero-order valence-electron chi connectivity index (χ0n) is 9.66. The van der Waals surface area contributed by atoms with Crippen molar-refractivity contribution in [1.29, 1.82) is 0 Å². The molecule has 84 valence electrons. The van der Waals surface area contributed by atoms with Crippen LogP contribution < -0.4 is 5.73 Å². The fraction of sp³-hybridized carbons (Fsp3) is 0.462. The van der Waals surface area contributed by atoms with Crippen LogP contribution in [0.5, 0.6) is 0 Å². The van der Waals surface area contributed by atoms with Crippen molar-refractivity contribution in [3.05, 3.63) is 28.8 Å². The predicted octanol–water partition coefficient (Wildman–Crippen LogP) is 2.98. The van der Waals surface area contributed by atoms with E-state index in [1.54, 1.807) is 11.3 Å². The Bertz CT molecular complexity index is 538. The molecule has 1 fully saturated rings. The molecule has 1 aromatic carbocycles. The molecule has 1 heterocycles. The van der Waals surface area contributed by atoms with Crippen LogP contribution in [-0.4, -0.2) is 11.0 Å². The van der Waals surface area contributed by atoms with Crippen LogP contribution in [0.1, 0.15) is 30.3 Å². The van der Waals surface area contributed by atoms with Gasteiger partial charge in [0.1, 0.15) is 0 Å². The first-order valence-electron chi connectivity index (χ1n) is 5.75. The molecule has 1 aliphatic rings. The first-order chi connectivity index (χ1) is 7.62. The topological polar surface area (TPSA) is 38.9 Å². The normalized spacial score (nSPS) is 19.9. The van der Waals surface area contributed by atoms with Crippen molar-refractivity contribution in [1.82, 2.24) is 4.98 Å². The number of aromatic nitrogens is 1. The Labute approximate surface area is 99.5 Å². The molecule has 2 aromatic rings. The minimum atomic E-state index is 0.249. The molecule has 0 bridgehead atoms. The number of thiazole rings is 1. The molecule has 1 unspecified atom stereocenters. The SMILES string of the molecule is Cc1nc2ccc(C3(C(C)N)CC3)cc2s1. The van der Waals surface area contributed by atoms with E-state index in [0.717, 1.165) is 10.5 Å². The van der Waals surface area contributed by atoms with E-state index >= 15 is 0 Å². The minimum Gasteiger partial charge on any atom is -0.327 e. The zero-order valence-corrected chi connectivity index (χ0v) is 10.5. The Morgan fingerprint density at radius 3 is 2.81 bits per heavy atom. The fourth-order valence-electron chi connectivity index (χ4n) is 2.49. The van der Waals surface area contributed by atoms with Crippen molar-refractivity contribution >= 4 is 21.6 Å². The number of aryl methyl sites for hydroxylation is 1. The van der Waals surface area contributed by atoms with Gasteiger partial charge in [0, 0.05) is 11.5 Å². The quantitative estimate of drug-likeness (QED) is 0.864. The van der Waals surface area contributed by atoms with Gasteiger partial charge in [0.2, 0.25) is 0 Å². The van der Waals surface area contributed by atoms with Gasteiger partial charge >= 0.3 is 0 Å². The van der Waals surface area contributed by atoms with Gasteiger partial charge in [-0.3, -0.25) is 0 Å². The van der Waals surface area contributed by atoms with Gasteiger partial charge in [0.05, 0.1) is 15.2 Å². The van der Waals surface area contributed by atoms with E-state index in [2.05, 4.69) is 37.0 Å². The van der Waals surface area contributed by atoms with Crippen molar-refractivity contribution < 1.29 is 0 Å². The van der Waals surface area contributed by atoms with Gasteiger partial charge in [-0.05, 0) is 44.4 Å². The molecule has 0 amide bonds. The second kappa shape index (κ2) is 3.28. The Kier molecular flexibility index (Phi) is 2.10. The van der Waals surface area contributed by atoms with Crippen molar-refractivity contribution in [2.45, 2.75) is 38.1 Å². The van der Waals surface area contributed by atoms with Gasteiger partial charge in [0.25, 0.3) is 0 Å². The molecule has 1 saturated carbocycles. The van der Waals surface area contributed by atoms with E-state index in [-0.39, 0.29) is 11.5 Å². The Balaban J connectivity index is 2.11. The Morgan fingerprint density at radius 1 is 1.44 bits per heavy atom. The highest BCUT2D eigenvalue weighted by molar-refractivity contribution is 7.18. The van der Waals surface area contributed by atoms with Crippen molar-refractivity contribution in [3.63, 3.8) is 0 Å². The third-order valence-electron chi connectivity index (χ3n) is 3.73. The van der Waals surface area contributed by atoms with E-state index in [9.17, 15) is 0 Å². The van der Waals surface area contributed by atoms with Crippen LogP contribution in [0.4, 0.5) is 0 Å². The molecule has 3 rings (SSSR count). The molecular formula is C13H16N2S. The number of benzene rings is 1. The summed E-state index contributed by atoms with van der Waals surface area (Å²) in [5.74, 6) is 0. The molecule has 1 aromatic heterocycles. The molecule has 3 heteroatoms. The number of nitrogens with zero attached hydrogens (tertiary/aromatic N) is 1. The van der Waals surface area contributed by atoms with E-state index in [1.807, 2.05) is 0 Å². The maximum atomic E-state index is 6.10. The molecule has 0 saturated heterocycles. The van der Waals surface area contributed by atoms with Crippen molar-refractivity contribution in [2.24, 2.45) is 5.73 Å². The lowest BCUT2D eigenvalue weighted by molar-refractivity contribution is 0.557. The van der Waals surface area contributed by atoms with Crippen LogP contribution in [0.3, 0.4) is 0 Å². The zero-order chi connectivity index (χ0) is 11.3. The molecule has 0 radical (unpaired) electrons. The van der Waals surface area contributed by atoms with Crippen LogP contribution in [0.2, 0.25) is 0 Å². The first-order valence-corrected chi connectivity index (χ1v) is 6.57. The Morgan fingerprint density at radius 2 is 2.19 bits per heavy atom. The summed E-state index contributed by atoms with van der Waals surface area (Å²) in [6, 6.07) is 6.88. The van der Waals surface area contributed by atoms with Crippen molar-refractivity contribution in [2.75, 3.05) is 0 Å². The molecule has 1 atom stereocenters. The van der Waals surface area contributed by atoms with E-state index in [4.69, 9.17) is 5.73 Å². The summed E-state index contributed by atoms with van der Waals surface area (Å²) in [5, 5.41) is 1.14. The summed E-state index contributed by atoms with van der Waals surface area (Å²) in [4.78, 5) is 4.49. The maximum absolute atomic E-state index is 6.10. The number of hydrogen-bond donors (Lipinski definition) is 1. The second-order valence-corrected chi connectivity index (χ2v) is 6.09. The number of fused-ring (bicyclic) bond motifs is 1. The lowest BCUT2D eigenvalue weighted by Crippen LogP contribution is -2.31. The number of hydrogen-bond acceptors (Lipinski definition) is 3. The summed E-state index contributed by atoms with van der Waals surface area (Å²) in [6.07, 6.45) is 2.46.